The highest BCUT2D eigenvalue weighted by molar-refractivity contribution is 7.21. The summed E-state index contributed by atoms with van der Waals surface area (Å²) in [5, 5.41) is 4.56. The van der Waals surface area contributed by atoms with Gasteiger partial charge in [0.05, 0.1) is 25.9 Å². The first-order chi connectivity index (χ1) is 12.6. The highest BCUT2D eigenvalue weighted by Gasteiger charge is 2.14. The van der Waals surface area contributed by atoms with E-state index in [4.69, 9.17) is 23.2 Å². The Labute approximate surface area is 164 Å². The van der Waals surface area contributed by atoms with Gasteiger partial charge in [0.25, 0.3) is 5.91 Å². The molecular weight excluding hydrogens is 387 g/mol. The van der Waals surface area contributed by atoms with Crippen molar-refractivity contribution < 1.29 is 4.79 Å². The van der Waals surface area contributed by atoms with Gasteiger partial charge in [-0.05, 0) is 42.5 Å². The van der Waals surface area contributed by atoms with E-state index in [0.717, 1.165) is 20.8 Å². The van der Waals surface area contributed by atoms with Gasteiger partial charge in [-0.15, -0.1) is 11.3 Å². The van der Waals surface area contributed by atoms with E-state index in [2.05, 4.69) is 10.3 Å². The number of fused-ring (bicyclic) bond motifs is 1. The number of rotatable bonds is 3. The lowest BCUT2D eigenvalue weighted by atomic mass is 10.1. The number of anilines is 1. The standard InChI is InChI=1S/C20H12Cl2N2OS/c21-14-10-9-12(11-15(14)22)19(25)23-16-6-2-1-5-13(16)20-24-17-7-3-4-8-18(17)26-20/h1-11H,(H,23,25). The van der Waals surface area contributed by atoms with Crippen molar-refractivity contribution in [1.29, 1.82) is 0 Å². The zero-order chi connectivity index (χ0) is 18.1. The molecule has 0 aliphatic heterocycles. The molecule has 0 bridgehead atoms. The van der Waals surface area contributed by atoms with Crippen molar-refractivity contribution in [3.05, 3.63) is 82.3 Å². The third kappa shape index (κ3) is 3.31. The van der Waals surface area contributed by atoms with Crippen molar-refractivity contribution in [2.45, 2.75) is 0 Å². The fourth-order valence-electron chi connectivity index (χ4n) is 2.60. The number of nitrogens with zero attached hydrogens (tertiary/aromatic N) is 1. The lowest BCUT2D eigenvalue weighted by molar-refractivity contribution is 0.102. The third-order valence-corrected chi connectivity index (χ3v) is 5.69. The molecule has 4 aromatic rings. The minimum atomic E-state index is -0.253. The summed E-state index contributed by atoms with van der Waals surface area (Å²) in [6, 6.07) is 20.4. The third-order valence-electron chi connectivity index (χ3n) is 3.88. The zero-order valence-corrected chi connectivity index (χ0v) is 15.7. The first kappa shape index (κ1) is 17.0. The number of carbonyl (C=O) groups excluding carboxylic acids is 1. The van der Waals surface area contributed by atoms with Gasteiger partial charge in [-0.3, -0.25) is 4.79 Å². The molecule has 128 valence electrons. The van der Waals surface area contributed by atoms with Crippen LogP contribution in [0, 0.1) is 0 Å². The van der Waals surface area contributed by atoms with Gasteiger partial charge < -0.3 is 5.32 Å². The molecule has 0 spiro atoms. The molecule has 3 nitrogen and oxygen atoms in total. The Morgan fingerprint density at radius 3 is 2.50 bits per heavy atom. The number of aromatic nitrogens is 1. The van der Waals surface area contributed by atoms with Gasteiger partial charge in [0.1, 0.15) is 5.01 Å². The second kappa shape index (κ2) is 7.08. The Bertz CT molecular complexity index is 1090. The van der Waals surface area contributed by atoms with E-state index in [-0.39, 0.29) is 5.91 Å². The van der Waals surface area contributed by atoms with Gasteiger partial charge in [0.15, 0.2) is 0 Å². The number of hydrogen-bond donors (Lipinski definition) is 1. The van der Waals surface area contributed by atoms with Crippen molar-refractivity contribution in [3.63, 3.8) is 0 Å². The van der Waals surface area contributed by atoms with Gasteiger partial charge in [-0.25, -0.2) is 4.98 Å². The van der Waals surface area contributed by atoms with E-state index >= 15 is 0 Å². The fourth-order valence-corrected chi connectivity index (χ4v) is 3.90. The largest absolute Gasteiger partial charge is 0.321 e. The second-order valence-electron chi connectivity index (χ2n) is 5.62. The zero-order valence-electron chi connectivity index (χ0n) is 13.4. The van der Waals surface area contributed by atoms with E-state index < -0.39 is 0 Å². The normalized spacial score (nSPS) is 10.8. The molecule has 0 radical (unpaired) electrons. The molecule has 0 aliphatic rings. The summed E-state index contributed by atoms with van der Waals surface area (Å²) in [6.45, 7) is 0. The summed E-state index contributed by atoms with van der Waals surface area (Å²) in [5.41, 5.74) is 2.96. The van der Waals surface area contributed by atoms with Crippen molar-refractivity contribution >= 4 is 56.3 Å². The molecule has 1 amide bonds. The number of amides is 1. The molecule has 0 saturated heterocycles. The van der Waals surface area contributed by atoms with Crippen molar-refractivity contribution in [1.82, 2.24) is 4.98 Å². The van der Waals surface area contributed by atoms with Gasteiger partial charge in [-0.2, -0.15) is 0 Å². The highest BCUT2D eigenvalue weighted by Crippen LogP contribution is 2.34. The molecule has 1 heterocycles. The Morgan fingerprint density at radius 2 is 1.69 bits per heavy atom. The predicted molar refractivity (Wildman–Crippen MR) is 109 cm³/mol. The number of thiazole rings is 1. The van der Waals surface area contributed by atoms with Crippen LogP contribution < -0.4 is 5.32 Å². The Morgan fingerprint density at radius 1 is 0.923 bits per heavy atom. The molecule has 0 saturated carbocycles. The van der Waals surface area contributed by atoms with Crippen LogP contribution in [-0.2, 0) is 0 Å². The van der Waals surface area contributed by atoms with Crippen LogP contribution >= 0.6 is 34.5 Å². The van der Waals surface area contributed by atoms with Crippen LogP contribution in [0.3, 0.4) is 0 Å². The van der Waals surface area contributed by atoms with E-state index in [1.54, 1.807) is 29.5 Å². The summed E-state index contributed by atoms with van der Waals surface area (Å²) in [4.78, 5) is 17.3. The molecule has 0 fully saturated rings. The van der Waals surface area contributed by atoms with Crippen LogP contribution in [0.4, 0.5) is 5.69 Å². The van der Waals surface area contributed by atoms with Crippen LogP contribution in [0.1, 0.15) is 10.4 Å². The van der Waals surface area contributed by atoms with Crippen LogP contribution in [0.15, 0.2) is 66.7 Å². The summed E-state index contributed by atoms with van der Waals surface area (Å²) >= 11 is 13.5. The quantitative estimate of drug-likeness (QED) is 0.426. The van der Waals surface area contributed by atoms with Crippen LogP contribution in [-0.4, -0.2) is 10.9 Å². The molecular formula is C20H12Cl2N2OS. The lowest BCUT2D eigenvalue weighted by Crippen LogP contribution is -2.12. The predicted octanol–water partition coefficient (Wildman–Crippen LogP) is 6.52. The van der Waals surface area contributed by atoms with Crippen molar-refractivity contribution in [2.24, 2.45) is 0 Å². The molecule has 4 rings (SSSR count). The average molecular weight is 399 g/mol. The summed E-state index contributed by atoms with van der Waals surface area (Å²) in [6.07, 6.45) is 0. The summed E-state index contributed by atoms with van der Waals surface area (Å²) in [5.74, 6) is -0.253. The molecule has 1 N–H and O–H groups in total. The molecule has 0 aliphatic carbocycles. The number of nitrogens with one attached hydrogen (secondary N) is 1. The maximum absolute atomic E-state index is 12.6. The van der Waals surface area contributed by atoms with Crippen molar-refractivity contribution in [3.8, 4) is 10.6 Å². The van der Waals surface area contributed by atoms with Gasteiger partial charge in [0.2, 0.25) is 0 Å². The minimum Gasteiger partial charge on any atom is -0.321 e. The number of carbonyl (C=O) groups is 1. The number of halogens is 2. The monoisotopic (exact) mass is 398 g/mol. The molecule has 0 unspecified atom stereocenters. The SMILES string of the molecule is O=C(Nc1ccccc1-c1nc2ccccc2s1)c1ccc(Cl)c(Cl)c1. The maximum atomic E-state index is 12.6. The van der Waals surface area contributed by atoms with Crippen molar-refractivity contribution in [2.75, 3.05) is 5.32 Å². The van der Waals surface area contributed by atoms with Gasteiger partial charge in [-0.1, -0.05) is 47.5 Å². The first-order valence-corrected chi connectivity index (χ1v) is 9.40. The smallest absolute Gasteiger partial charge is 0.255 e. The van der Waals surface area contributed by atoms with Gasteiger partial charge >= 0.3 is 0 Å². The second-order valence-corrected chi connectivity index (χ2v) is 7.46. The number of hydrogen-bond acceptors (Lipinski definition) is 3. The maximum Gasteiger partial charge on any atom is 0.255 e. The molecule has 3 aromatic carbocycles. The van der Waals surface area contributed by atoms with Gasteiger partial charge in [0, 0.05) is 11.1 Å². The lowest BCUT2D eigenvalue weighted by Gasteiger charge is -2.10. The van der Waals surface area contributed by atoms with E-state index in [1.807, 2.05) is 48.5 Å². The average Bonchev–Trinajstić information content (AvgIpc) is 3.08. The molecule has 1 aromatic heterocycles. The van der Waals surface area contributed by atoms with E-state index in [0.29, 0.717) is 21.3 Å². The molecule has 6 heteroatoms. The summed E-state index contributed by atoms with van der Waals surface area (Å²) < 4.78 is 1.10. The Balaban J connectivity index is 1.69. The number of para-hydroxylation sites is 2. The highest BCUT2D eigenvalue weighted by atomic mass is 35.5. The topological polar surface area (TPSA) is 42.0 Å². The molecule has 0 atom stereocenters. The summed E-state index contributed by atoms with van der Waals surface area (Å²) in [7, 11) is 0. The van der Waals surface area contributed by atoms with Crippen LogP contribution in [0.5, 0.6) is 0 Å². The minimum absolute atomic E-state index is 0.253. The van der Waals surface area contributed by atoms with E-state index in [1.165, 1.54) is 0 Å². The van der Waals surface area contributed by atoms with Crippen LogP contribution in [0.25, 0.3) is 20.8 Å². The molecule has 26 heavy (non-hydrogen) atoms. The number of benzene rings is 3. The Hall–Kier alpha value is -2.40. The fraction of sp³-hybridized carbons (Fsp3) is 0. The first-order valence-electron chi connectivity index (χ1n) is 7.83. The Kier molecular flexibility index (Phi) is 4.64. The van der Waals surface area contributed by atoms with Crippen LogP contribution in [0.2, 0.25) is 10.0 Å². The van der Waals surface area contributed by atoms with E-state index in [9.17, 15) is 4.79 Å².